The van der Waals surface area contributed by atoms with Gasteiger partial charge in [-0.3, -0.25) is 4.79 Å². The largest absolute Gasteiger partial charge is 0.489 e. The summed E-state index contributed by atoms with van der Waals surface area (Å²) in [6.07, 6.45) is 4.19. The number of imidazole rings is 1. The van der Waals surface area contributed by atoms with Gasteiger partial charge in [-0.2, -0.15) is 0 Å². The van der Waals surface area contributed by atoms with Crippen LogP contribution in [0.25, 0.3) is 5.65 Å². The monoisotopic (exact) mass is 439 g/mol. The van der Waals surface area contributed by atoms with Gasteiger partial charge in [0, 0.05) is 30.9 Å². The molecule has 1 amide bonds. The van der Waals surface area contributed by atoms with Crippen molar-refractivity contribution < 1.29 is 9.53 Å². The molecular formula is C23H19Cl2N3O2. The number of aromatic nitrogens is 2. The first-order chi connectivity index (χ1) is 14.6. The number of hydrogen-bond donors (Lipinski definition) is 1. The number of carbonyl (C=O) groups excluding carboxylic acids is 1. The molecule has 0 aliphatic carbocycles. The van der Waals surface area contributed by atoms with Gasteiger partial charge in [0.05, 0.1) is 15.7 Å². The smallest absolute Gasteiger partial charge is 0.251 e. The van der Waals surface area contributed by atoms with E-state index in [1.54, 1.807) is 40.9 Å². The standard InChI is InChI=1S/C23H19Cl2N3O2/c24-18-12-21(25)22-27-19(14-28(22)13-18)10-11-26-23(29)17-6-8-20(9-7-17)30-15-16-4-2-1-3-5-16/h1-9,12-14H,10-11,15H2,(H,26,29). The van der Waals surface area contributed by atoms with Gasteiger partial charge in [0.25, 0.3) is 5.91 Å². The summed E-state index contributed by atoms with van der Waals surface area (Å²) in [7, 11) is 0. The van der Waals surface area contributed by atoms with Crippen LogP contribution in [0.1, 0.15) is 21.6 Å². The number of benzene rings is 2. The second kappa shape index (κ2) is 9.20. The molecule has 0 aliphatic heterocycles. The topological polar surface area (TPSA) is 55.6 Å². The van der Waals surface area contributed by atoms with Crippen molar-refractivity contribution in [2.24, 2.45) is 0 Å². The molecule has 0 spiro atoms. The highest BCUT2D eigenvalue weighted by atomic mass is 35.5. The Bertz CT molecular complexity index is 1160. The zero-order chi connectivity index (χ0) is 20.9. The number of hydrogen-bond acceptors (Lipinski definition) is 3. The first-order valence-corrected chi connectivity index (χ1v) is 10.2. The number of ether oxygens (including phenoxy) is 1. The van der Waals surface area contributed by atoms with E-state index in [0.29, 0.717) is 40.8 Å². The Morgan fingerprint density at radius 1 is 1.03 bits per heavy atom. The number of nitrogens with one attached hydrogen (secondary N) is 1. The highest BCUT2D eigenvalue weighted by Gasteiger charge is 2.09. The lowest BCUT2D eigenvalue weighted by molar-refractivity contribution is 0.0954. The lowest BCUT2D eigenvalue weighted by Gasteiger charge is -2.08. The van der Waals surface area contributed by atoms with Crippen molar-refractivity contribution in [3.63, 3.8) is 0 Å². The van der Waals surface area contributed by atoms with Gasteiger partial charge in [-0.15, -0.1) is 0 Å². The fraction of sp³-hybridized carbons (Fsp3) is 0.130. The third kappa shape index (κ3) is 4.93. The van der Waals surface area contributed by atoms with Gasteiger partial charge in [-0.25, -0.2) is 4.98 Å². The number of carbonyl (C=O) groups is 1. The van der Waals surface area contributed by atoms with Crippen LogP contribution < -0.4 is 10.1 Å². The molecule has 0 bridgehead atoms. The summed E-state index contributed by atoms with van der Waals surface area (Å²) in [5.41, 5.74) is 3.14. The third-order valence-corrected chi connectivity index (χ3v) is 5.04. The van der Waals surface area contributed by atoms with Gasteiger partial charge in [0.1, 0.15) is 12.4 Å². The number of rotatable bonds is 7. The summed E-state index contributed by atoms with van der Waals surface area (Å²) in [5, 5.41) is 3.94. The fourth-order valence-electron chi connectivity index (χ4n) is 3.05. The second-order valence-electron chi connectivity index (χ2n) is 6.77. The van der Waals surface area contributed by atoms with Crippen molar-refractivity contribution in [3.8, 4) is 5.75 Å². The summed E-state index contributed by atoms with van der Waals surface area (Å²) in [4.78, 5) is 16.9. The molecule has 2 aromatic carbocycles. The molecule has 0 atom stereocenters. The SMILES string of the molecule is O=C(NCCc1cn2cc(Cl)cc(Cl)c2n1)c1ccc(OCc2ccccc2)cc1. The second-order valence-corrected chi connectivity index (χ2v) is 7.62. The van der Waals surface area contributed by atoms with Crippen LogP contribution in [-0.2, 0) is 13.0 Å². The maximum atomic E-state index is 12.4. The van der Waals surface area contributed by atoms with E-state index in [1.165, 1.54) is 0 Å². The van der Waals surface area contributed by atoms with E-state index in [0.717, 1.165) is 17.0 Å². The Hall–Kier alpha value is -3.02. The van der Waals surface area contributed by atoms with Crippen molar-refractivity contribution in [1.29, 1.82) is 0 Å². The molecule has 4 rings (SSSR count). The molecule has 0 fully saturated rings. The summed E-state index contributed by atoms with van der Waals surface area (Å²) >= 11 is 12.2. The van der Waals surface area contributed by atoms with Gasteiger partial charge in [0.15, 0.2) is 5.65 Å². The van der Waals surface area contributed by atoms with E-state index in [4.69, 9.17) is 27.9 Å². The fourth-order valence-corrected chi connectivity index (χ4v) is 3.57. The summed E-state index contributed by atoms with van der Waals surface area (Å²) in [6, 6.07) is 18.7. The van der Waals surface area contributed by atoms with E-state index in [-0.39, 0.29) is 5.91 Å². The predicted molar refractivity (Wildman–Crippen MR) is 118 cm³/mol. The molecule has 0 saturated carbocycles. The molecule has 2 aromatic heterocycles. The van der Waals surface area contributed by atoms with Crippen molar-refractivity contribution in [1.82, 2.24) is 14.7 Å². The lowest BCUT2D eigenvalue weighted by Crippen LogP contribution is -2.25. The Labute approximate surface area is 184 Å². The van der Waals surface area contributed by atoms with E-state index < -0.39 is 0 Å². The van der Waals surface area contributed by atoms with E-state index in [1.807, 2.05) is 36.5 Å². The maximum absolute atomic E-state index is 12.4. The van der Waals surface area contributed by atoms with Crippen LogP contribution in [0, 0.1) is 0 Å². The zero-order valence-electron chi connectivity index (χ0n) is 16.0. The van der Waals surface area contributed by atoms with Crippen LogP contribution >= 0.6 is 23.2 Å². The van der Waals surface area contributed by atoms with Crippen molar-refractivity contribution in [2.75, 3.05) is 6.54 Å². The number of fused-ring (bicyclic) bond motifs is 1. The Morgan fingerprint density at radius 3 is 2.57 bits per heavy atom. The molecule has 7 heteroatoms. The van der Waals surface area contributed by atoms with Gasteiger partial charge >= 0.3 is 0 Å². The first-order valence-electron chi connectivity index (χ1n) is 9.46. The molecule has 0 aliphatic rings. The minimum Gasteiger partial charge on any atom is -0.489 e. The summed E-state index contributed by atoms with van der Waals surface area (Å²) in [6.45, 7) is 0.945. The van der Waals surface area contributed by atoms with Gasteiger partial charge in [0.2, 0.25) is 0 Å². The van der Waals surface area contributed by atoms with Gasteiger partial charge in [-0.1, -0.05) is 53.5 Å². The molecule has 152 valence electrons. The molecule has 30 heavy (non-hydrogen) atoms. The van der Waals surface area contributed by atoms with Crippen molar-refractivity contribution >= 4 is 34.8 Å². The zero-order valence-corrected chi connectivity index (χ0v) is 17.5. The van der Waals surface area contributed by atoms with E-state index in [2.05, 4.69) is 10.3 Å². The molecular weight excluding hydrogens is 421 g/mol. The highest BCUT2D eigenvalue weighted by Crippen LogP contribution is 2.22. The van der Waals surface area contributed by atoms with Gasteiger partial charge in [-0.05, 0) is 35.9 Å². The quantitative estimate of drug-likeness (QED) is 0.430. The highest BCUT2D eigenvalue weighted by molar-refractivity contribution is 6.36. The lowest BCUT2D eigenvalue weighted by atomic mass is 10.2. The summed E-state index contributed by atoms with van der Waals surface area (Å²) in [5.74, 6) is 0.574. The summed E-state index contributed by atoms with van der Waals surface area (Å²) < 4.78 is 7.54. The number of halogens is 2. The molecule has 4 aromatic rings. The van der Waals surface area contributed by atoms with Crippen molar-refractivity contribution in [2.45, 2.75) is 13.0 Å². The first kappa shape index (κ1) is 20.3. The van der Waals surface area contributed by atoms with Crippen LogP contribution in [0.2, 0.25) is 10.0 Å². The van der Waals surface area contributed by atoms with Crippen LogP contribution in [0.15, 0.2) is 73.1 Å². The van der Waals surface area contributed by atoms with Gasteiger partial charge < -0.3 is 14.5 Å². The Balaban J connectivity index is 1.29. The van der Waals surface area contributed by atoms with Crippen molar-refractivity contribution in [3.05, 3.63) is 99.9 Å². The molecule has 0 saturated heterocycles. The van der Waals surface area contributed by atoms with E-state index >= 15 is 0 Å². The average Bonchev–Trinajstić information content (AvgIpc) is 3.16. The van der Waals surface area contributed by atoms with Crippen LogP contribution in [-0.4, -0.2) is 21.8 Å². The normalized spacial score (nSPS) is 10.9. The number of pyridine rings is 1. The molecule has 5 nitrogen and oxygen atoms in total. The molecule has 2 heterocycles. The molecule has 0 unspecified atom stereocenters. The average molecular weight is 440 g/mol. The number of amides is 1. The molecule has 0 radical (unpaired) electrons. The maximum Gasteiger partial charge on any atom is 0.251 e. The Morgan fingerprint density at radius 2 is 1.80 bits per heavy atom. The Kier molecular flexibility index (Phi) is 6.21. The number of nitrogens with zero attached hydrogens (tertiary/aromatic N) is 2. The third-order valence-electron chi connectivity index (χ3n) is 4.55. The minimum absolute atomic E-state index is 0.144. The minimum atomic E-state index is -0.144. The molecule has 1 N–H and O–H groups in total. The van der Waals surface area contributed by atoms with Crippen LogP contribution in [0.5, 0.6) is 5.75 Å². The van der Waals surface area contributed by atoms with Crippen LogP contribution in [0.3, 0.4) is 0 Å². The van der Waals surface area contributed by atoms with Crippen LogP contribution in [0.4, 0.5) is 0 Å². The van der Waals surface area contributed by atoms with E-state index in [9.17, 15) is 4.79 Å². The predicted octanol–water partition coefficient (Wildman–Crippen LogP) is 5.19.